The van der Waals surface area contributed by atoms with Gasteiger partial charge in [0.15, 0.2) is 5.82 Å². The smallest absolute Gasteiger partial charge is 0.273 e. The molecule has 0 aliphatic carbocycles. The minimum atomic E-state index is -0.276. The van der Waals surface area contributed by atoms with Crippen molar-refractivity contribution < 1.29 is 4.79 Å². The number of aromatic nitrogens is 4. The van der Waals surface area contributed by atoms with Gasteiger partial charge in [0, 0.05) is 40.9 Å². The summed E-state index contributed by atoms with van der Waals surface area (Å²) in [6, 6.07) is 7.62. The van der Waals surface area contributed by atoms with Crippen molar-refractivity contribution in [3.05, 3.63) is 97.3 Å². The fourth-order valence-electron chi connectivity index (χ4n) is 3.60. The molecule has 0 saturated carbocycles. The van der Waals surface area contributed by atoms with Crippen molar-refractivity contribution in [1.29, 1.82) is 0 Å². The number of hydrogen-bond donors (Lipinski definition) is 4. The van der Waals surface area contributed by atoms with Gasteiger partial charge in [-0.15, -0.1) is 0 Å². The molecule has 0 saturated heterocycles. The average molecular weight is 467 g/mol. The number of allylic oxidation sites excluding steroid dienone is 3. The average Bonchev–Trinajstić information content (AvgIpc) is 3.50. The first-order chi connectivity index (χ1) is 17.1. The van der Waals surface area contributed by atoms with Crippen LogP contribution < -0.4 is 16.1 Å². The number of amides is 1. The van der Waals surface area contributed by atoms with Crippen LogP contribution in [-0.4, -0.2) is 37.1 Å². The van der Waals surface area contributed by atoms with Crippen LogP contribution in [-0.2, 0) is 4.79 Å². The maximum atomic E-state index is 12.6. The van der Waals surface area contributed by atoms with Crippen molar-refractivity contribution in [2.24, 2.45) is 10.2 Å². The molecule has 174 valence electrons. The van der Waals surface area contributed by atoms with Gasteiger partial charge in [-0.3, -0.25) is 20.3 Å². The minimum absolute atomic E-state index is 0.104. The summed E-state index contributed by atoms with van der Waals surface area (Å²) in [7, 11) is 0. The lowest BCUT2D eigenvalue weighted by Crippen LogP contribution is -2.37. The molecule has 35 heavy (non-hydrogen) atoms. The van der Waals surface area contributed by atoms with Gasteiger partial charge >= 0.3 is 0 Å². The third kappa shape index (κ3) is 4.83. The summed E-state index contributed by atoms with van der Waals surface area (Å²) in [5, 5.41) is 23.3. The van der Waals surface area contributed by atoms with Gasteiger partial charge in [0.2, 0.25) is 0 Å². The second kappa shape index (κ2) is 9.43. The number of H-pyrrole nitrogens is 1. The normalized spacial score (nSPS) is 17.1. The molecule has 11 nitrogen and oxygen atoms in total. The molecule has 1 unspecified atom stereocenters. The molecule has 4 heterocycles. The van der Waals surface area contributed by atoms with Gasteiger partial charge in [-0.05, 0) is 37.3 Å². The Morgan fingerprint density at radius 1 is 1.29 bits per heavy atom. The molecule has 1 atom stereocenters. The number of fused-ring (bicyclic) bond motifs is 2. The lowest BCUT2D eigenvalue weighted by molar-refractivity contribution is -0.117. The summed E-state index contributed by atoms with van der Waals surface area (Å²) in [5.74, 6) is 0.945. The zero-order chi connectivity index (χ0) is 24.2. The Morgan fingerprint density at radius 3 is 3.09 bits per heavy atom. The van der Waals surface area contributed by atoms with E-state index in [4.69, 9.17) is 0 Å². The number of carbonyl (C=O) groups is 1. The van der Waals surface area contributed by atoms with Crippen molar-refractivity contribution in [2.75, 3.05) is 5.32 Å². The van der Waals surface area contributed by atoms with Crippen LogP contribution in [0.4, 0.5) is 11.5 Å². The molecule has 0 spiro atoms. The van der Waals surface area contributed by atoms with E-state index in [-0.39, 0.29) is 11.9 Å². The number of hydrazine groups is 1. The monoisotopic (exact) mass is 466 g/mol. The van der Waals surface area contributed by atoms with E-state index in [1.54, 1.807) is 19.3 Å². The number of rotatable bonds is 7. The van der Waals surface area contributed by atoms with Crippen molar-refractivity contribution in [3.8, 4) is 0 Å². The molecule has 0 radical (unpaired) electrons. The van der Waals surface area contributed by atoms with Crippen LogP contribution in [0.15, 0.2) is 102 Å². The van der Waals surface area contributed by atoms with E-state index >= 15 is 0 Å². The summed E-state index contributed by atoms with van der Waals surface area (Å²) in [5.41, 5.74) is 6.77. The molecule has 2 aliphatic heterocycles. The summed E-state index contributed by atoms with van der Waals surface area (Å²) in [6.45, 7) is 5.18. The lowest BCUT2D eigenvalue weighted by Gasteiger charge is -2.25. The first-order valence-corrected chi connectivity index (χ1v) is 10.8. The highest BCUT2D eigenvalue weighted by Gasteiger charge is 2.27. The van der Waals surface area contributed by atoms with Gasteiger partial charge in [-0.25, -0.2) is 9.97 Å². The largest absolute Gasteiger partial charge is 0.340 e. The van der Waals surface area contributed by atoms with Gasteiger partial charge < -0.3 is 10.6 Å². The van der Waals surface area contributed by atoms with Gasteiger partial charge in [0.1, 0.15) is 11.5 Å². The predicted molar refractivity (Wildman–Crippen MR) is 132 cm³/mol. The number of carbonyl (C=O) groups excluding carboxylic acids is 1. The molecule has 11 heteroatoms. The molecular formula is C24H22N10O. The molecule has 5 rings (SSSR count). The highest BCUT2D eigenvalue weighted by molar-refractivity contribution is 5.94. The standard InChI is InChI=1S/C24H22N10O/c1-3-26-27-12-15(2)29-24(35)21-11-19-6-4-16(14-34(19)33-21)23-25-9-8-22(31-23)30-18-5-7-20-17(10-18)13-28-32-20/h3-14,19,33H,1H2,2H3,(H,28,32)(H,29,35)(H,25,30,31)/b15-12+,27-26-. The van der Waals surface area contributed by atoms with Crippen molar-refractivity contribution in [3.63, 3.8) is 0 Å². The van der Waals surface area contributed by atoms with E-state index in [2.05, 4.69) is 53.0 Å². The van der Waals surface area contributed by atoms with E-state index < -0.39 is 0 Å². The number of aromatic amines is 1. The third-order valence-corrected chi connectivity index (χ3v) is 5.24. The van der Waals surface area contributed by atoms with Gasteiger partial charge in [0.05, 0.1) is 24.0 Å². The second-order valence-electron chi connectivity index (χ2n) is 7.78. The zero-order valence-corrected chi connectivity index (χ0v) is 18.8. The number of hydrogen-bond acceptors (Lipinski definition) is 9. The maximum Gasteiger partial charge on any atom is 0.273 e. The van der Waals surface area contributed by atoms with E-state index in [0.717, 1.165) is 22.2 Å². The fraction of sp³-hybridized carbons (Fsp3) is 0.0833. The van der Waals surface area contributed by atoms with E-state index in [0.29, 0.717) is 23.0 Å². The molecular weight excluding hydrogens is 444 g/mol. The van der Waals surface area contributed by atoms with Crippen LogP contribution in [0.3, 0.4) is 0 Å². The quantitative estimate of drug-likeness (QED) is 0.390. The molecule has 2 aliphatic rings. The Balaban J connectivity index is 1.27. The number of nitrogens with one attached hydrogen (secondary N) is 4. The molecule has 2 aromatic heterocycles. The number of azo groups is 1. The van der Waals surface area contributed by atoms with Crippen LogP contribution in [0.25, 0.3) is 16.5 Å². The van der Waals surface area contributed by atoms with Crippen molar-refractivity contribution >= 4 is 33.9 Å². The molecule has 1 amide bonds. The summed E-state index contributed by atoms with van der Waals surface area (Å²) < 4.78 is 0. The Kier molecular flexibility index (Phi) is 5.87. The third-order valence-electron chi connectivity index (χ3n) is 5.24. The first kappa shape index (κ1) is 21.8. The van der Waals surface area contributed by atoms with Crippen molar-refractivity contribution in [1.82, 2.24) is 35.9 Å². The van der Waals surface area contributed by atoms with Gasteiger partial charge in [-0.2, -0.15) is 15.3 Å². The van der Waals surface area contributed by atoms with Crippen LogP contribution in [0.1, 0.15) is 12.7 Å². The Bertz CT molecular complexity index is 1450. The van der Waals surface area contributed by atoms with Crippen molar-refractivity contribution in [2.45, 2.75) is 13.0 Å². The molecule has 1 aromatic carbocycles. The fourth-order valence-corrected chi connectivity index (χ4v) is 3.60. The van der Waals surface area contributed by atoms with Crippen LogP contribution in [0.2, 0.25) is 0 Å². The molecule has 4 N–H and O–H groups in total. The van der Waals surface area contributed by atoms with E-state index in [9.17, 15) is 4.79 Å². The van der Waals surface area contributed by atoms with Gasteiger partial charge in [0.25, 0.3) is 5.91 Å². The zero-order valence-electron chi connectivity index (χ0n) is 18.8. The molecule has 0 bridgehead atoms. The van der Waals surface area contributed by atoms with E-state index in [1.165, 1.54) is 12.4 Å². The van der Waals surface area contributed by atoms with Crippen LogP contribution in [0.5, 0.6) is 0 Å². The highest BCUT2D eigenvalue weighted by Crippen LogP contribution is 2.25. The Hall–Kier alpha value is -5.06. The molecule has 0 fully saturated rings. The van der Waals surface area contributed by atoms with Crippen LogP contribution >= 0.6 is 0 Å². The van der Waals surface area contributed by atoms with Crippen LogP contribution in [0, 0.1) is 0 Å². The lowest BCUT2D eigenvalue weighted by atomic mass is 10.1. The number of anilines is 2. The van der Waals surface area contributed by atoms with Gasteiger partial charge in [-0.1, -0.05) is 18.7 Å². The molecule has 3 aromatic rings. The topological polar surface area (TPSA) is 136 Å². The SMILES string of the molecule is C=C/N=N\C=C(/C)NC(=O)C1=CC2C=CC(c3nccc(Nc4ccc5[nH]ncc5c4)n3)=CN2N1. The minimum Gasteiger partial charge on any atom is -0.340 e. The second-order valence-corrected chi connectivity index (χ2v) is 7.78. The number of benzene rings is 1. The highest BCUT2D eigenvalue weighted by atomic mass is 16.2. The maximum absolute atomic E-state index is 12.6. The predicted octanol–water partition coefficient (Wildman–Crippen LogP) is 3.65. The first-order valence-electron chi connectivity index (χ1n) is 10.8. The summed E-state index contributed by atoms with van der Waals surface area (Å²) in [4.78, 5) is 21.7. The Labute approximate surface area is 200 Å². The summed E-state index contributed by atoms with van der Waals surface area (Å²) in [6.07, 6.45) is 13.9. The Morgan fingerprint density at radius 2 is 2.20 bits per heavy atom. The van der Waals surface area contributed by atoms with E-state index in [1.807, 2.05) is 53.7 Å². The summed E-state index contributed by atoms with van der Waals surface area (Å²) >= 11 is 0. The number of nitrogens with zero attached hydrogens (tertiary/aromatic N) is 6.